The summed E-state index contributed by atoms with van der Waals surface area (Å²) in [4.78, 5) is 0.179. The third kappa shape index (κ3) is 2.84. The van der Waals surface area contributed by atoms with Gasteiger partial charge in [-0.15, -0.1) is 11.3 Å². The Labute approximate surface area is 139 Å². The average Bonchev–Trinajstić information content (AvgIpc) is 2.82. The molecule has 0 saturated heterocycles. The summed E-state index contributed by atoms with van der Waals surface area (Å²) >= 11 is 0.643. The molecule has 1 aliphatic rings. The minimum absolute atomic E-state index is 0.0565. The van der Waals surface area contributed by atoms with Gasteiger partial charge in [0.2, 0.25) is 0 Å². The van der Waals surface area contributed by atoms with E-state index in [-0.39, 0.29) is 28.0 Å². The molecule has 0 amide bonds. The Morgan fingerprint density at radius 3 is 2.33 bits per heavy atom. The lowest BCUT2D eigenvalue weighted by Crippen LogP contribution is -2.32. The molecule has 0 aliphatic heterocycles. The summed E-state index contributed by atoms with van der Waals surface area (Å²) in [5.41, 5.74) is -0.108. The van der Waals surface area contributed by atoms with E-state index in [4.69, 9.17) is 0 Å². The van der Waals surface area contributed by atoms with E-state index >= 15 is 0 Å². The molecule has 0 unspecified atom stereocenters. The van der Waals surface area contributed by atoms with E-state index in [0.29, 0.717) is 17.4 Å². The van der Waals surface area contributed by atoms with Crippen molar-refractivity contribution in [2.24, 2.45) is 0 Å². The first-order chi connectivity index (χ1) is 11.0. The molecule has 1 atom stereocenters. The van der Waals surface area contributed by atoms with E-state index in [1.807, 2.05) is 0 Å². The molecule has 3 rings (SSSR count). The van der Waals surface area contributed by atoms with E-state index in [2.05, 4.69) is 0 Å². The third-order valence-corrected chi connectivity index (χ3v) is 7.00. The maximum absolute atomic E-state index is 13.8. The molecule has 0 spiro atoms. The standard InChI is InChI=1S/C15H12F4O3S2/c1-24(21,22)14-11-10(2-3-15(18,19)13(11)20)12(23-14)7-4-8(16)6-9(17)5-7/h4-6,13,20H,2-3H2,1H3/t13-/m1/s1. The number of rotatable bonds is 2. The monoisotopic (exact) mass is 380 g/mol. The molecule has 2 aromatic rings. The second-order valence-corrected chi connectivity index (χ2v) is 8.94. The van der Waals surface area contributed by atoms with Crippen LogP contribution in [0.3, 0.4) is 0 Å². The van der Waals surface area contributed by atoms with Crippen molar-refractivity contribution in [2.45, 2.75) is 29.1 Å². The van der Waals surface area contributed by atoms with Crippen LogP contribution in [0.4, 0.5) is 17.6 Å². The smallest absolute Gasteiger partial charge is 0.277 e. The summed E-state index contributed by atoms with van der Waals surface area (Å²) in [7, 11) is -3.90. The topological polar surface area (TPSA) is 54.4 Å². The van der Waals surface area contributed by atoms with Gasteiger partial charge in [0.15, 0.2) is 9.84 Å². The summed E-state index contributed by atoms with van der Waals surface area (Å²) in [5.74, 6) is -5.19. The van der Waals surface area contributed by atoms with E-state index < -0.39 is 44.1 Å². The van der Waals surface area contributed by atoms with Crippen LogP contribution >= 0.6 is 11.3 Å². The van der Waals surface area contributed by atoms with E-state index in [0.717, 1.165) is 18.4 Å². The second-order valence-electron chi connectivity index (χ2n) is 5.70. The van der Waals surface area contributed by atoms with Crippen molar-refractivity contribution in [2.75, 3.05) is 6.26 Å². The van der Waals surface area contributed by atoms with Crippen LogP contribution in [0.25, 0.3) is 10.4 Å². The van der Waals surface area contributed by atoms with Crippen molar-refractivity contribution in [1.29, 1.82) is 0 Å². The Morgan fingerprint density at radius 1 is 1.21 bits per heavy atom. The molecule has 1 N–H and O–H groups in total. The zero-order valence-electron chi connectivity index (χ0n) is 12.3. The van der Waals surface area contributed by atoms with Crippen LogP contribution in [0.15, 0.2) is 22.4 Å². The lowest BCUT2D eigenvalue weighted by molar-refractivity contribution is -0.122. The Balaban J connectivity index is 2.31. The summed E-state index contributed by atoms with van der Waals surface area (Å²) < 4.78 is 78.1. The van der Waals surface area contributed by atoms with Crippen molar-refractivity contribution in [1.82, 2.24) is 0 Å². The summed E-state index contributed by atoms with van der Waals surface area (Å²) in [5, 5.41) is 9.95. The molecule has 0 saturated carbocycles. The Hall–Kier alpha value is -1.45. The number of hydrogen-bond donors (Lipinski definition) is 1. The van der Waals surface area contributed by atoms with Crippen LogP contribution in [-0.4, -0.2) is 25.7 Å². The predicted octanol–water partition coefficient (Wildman–Crippen LogP) is 3.71. The zero-order valence-corrected chi connectivity index (χ0v) is 13.9. The molecule has 0 radical (unpaired) electrons. The Morgan fingerprint density at radius 2 is 1.79 bits per heavy atom. The number of hydrogen-bond acceptors (Lipinski definition) is 4. The van der Waals surface area contributed by atoms with Crippen molar-refractivity contribution >= 4 is 21.2 Å². The molecular formula is C15H12F4O3S2. The van der Waals surface area contributed by atoms with Crippen molar-refractivity contribution in [3.05, 3.63) is 41.0 Å². The molecular weight excluding hydrogens is 368 g/mol. The fourth-order valence-electron chi connectivity index (χ4n) is 2.81. The highest BCUT2D eigenvalue weighted by Crippen LogP contribution is 2.51. The van der Waals surface area contributed by atoms with Gasteiger partial charge in [-0.25, -0.2) is 26.0 Å². The first kappa shape index (κ1) is 17.4. The number of thiophene rings is 1. The van der Waals surface area contributed by atoms with Crippen LogP contribution in [0.1, 0.15) is 23.7 Å². The van der Waals surface area contributed by atoms with Gasteiger partial charge in [0, 0.05) is 29.2 Å². The zero-order chi connectivity index (χ0) is 17.9. The number of halogens is 4. The van der Waals surface area contributed by atoms with Gasteiger partial charge in [-0.2, -0.15) is 0 Å². The first-order valence-corrected chi connectivity index (χ1v) is 9.59. The number of fused-ring (bicyclic) bond motifs is 1. The van der Waals surface area contributed by atoms with Crippen molar-refractivity contribution < 1.29 is 31.1 Å². The van der Waals surface area contributed by atoms with E-state index in [1.54, 1.807) is 0 Å². The molecule has 3 nitrogen and oxygen atoms in total. The predicted molar refractivity (Wildman–Crippen MR) is 81.0 cm³/mol. The van der Waals surface area contributed by atoms with Gasteiger partial charge in [0.25, 0.3) is 5.92 Å². The molecule has 0 bridgehead atoms. The van der Waals surface area contributed by atoms with Gasteiger partial charge in [-0.05, 0) is 29.7 Å². The lowest BCUT2D eigenvalue weighted by atomic mass is 9.87. The Kier molecular flexibility index (Phi) is 4.01. The molecule has 130 valence electrons. The van der Waals surface area contributed by atoms with Gasteiger partial charge < -0.3 is 5.11 Å². The number of sulfone groups is 1. The maximum Gasteiger partial charge on any atom is 0.277 e. The normalized spacial score (nSPS) is 20.0. The Bertz CT molecular complexity index is 899. The largest absolute Gasteiger partial charge is 0.382 e. The van der Waals surface area contributed by atoms with Crippen molar-refractivity contribution in [3.63, 3.8) is 0 Å². The fraction of sp³-hybridized carbons (Fsp3) is 0.333. The van der Waals surface area contributed by atoms with Gasteiger partial charge >= 0.3 is 0 Å². The minimum Gasteiger partial charge on any atom is -0.382 e. The van der Waals surface area contributed by atoms with E-state index in [1.165, 1.54) is 0 Å². The van der Waals surface area contributed by atoms with Crippen LogP contribution in [0.2, 0.25) is 0 Å². The van der Waals surface area contributed by atoms with Crippen LogP contribution in [0, 0.1) is 11.6 Å². The molecule has 0 fully saturated rings. The SMILES string of the molecule is CS(=O)(=O)c1sc(-c2cc(F)cc(F)c2)c2c1[C@@H](O)C(F)(F)CC2. The van der Waals surface area contributed by atoms with Crippen LogP contribution in [0.5, 0.6) is 0 Å². The number of benzene rings is 1. The van der Waals surface area contributed by atoms with Gasteiger partial charge in [0.1, 0.15) is 21.9 Å². The summed E-state index contributed by atoms with van der Waals surface area (Å²) in [6.45, 7) is 0. The minimum atomic E-state index is -3.90. The first-order valence-electron chi connectivity index (χ1n) is 6.88. The van der Waals surface area contributed by atoms with Crippen LogP contribution in [-0.2, 0) is 16.3 Å². The molecule has 1 aromatic carbocycles. The van der Waals surface area contributed by atoms with Gasteiger partial charge in [-0.3, -0.25) is 0 Å². The highest BCUT2D eigenvalue weighted by molar-refractivity contribution is 7.92. The maximum atomic E-state index is 13.8. The summed E-state index contributed by atoms with van der Waals surface area (Å²) in [6, 6.07) is 2.66. The second kappa shape index (κ2) is 5.53. The highest BCUT2D eigenvalue weighted by Gasteiger charge is 2.47. The molecule has 1 heterocycles. The highest BCUT2D eigenvalue weighted by atomic mass is 32.2. The molecule has 1 aliphatic carbocycles. The quantitative estimate of drug-likeness (QED) is 0.808. The van der Waals surface area contributed by atoms with Crippen LogP contribution < -0.4 is 0 Å². The third-order valence-electron chi connectivity index (χ3n) is 3.86. The van der Waals surface area contributed by atoms with Gasteiger partial charge in [-0.1, -0.05) is 0 Å². The molecule has 9 heteroatoms. The average molecular weight is 380 g/mol. The number of aliphatic hydroxyl groups excluding tert-OH is 1. The molecule has 24 heavy (non-hydrogen) atoms. The van der Waals surface area contributed by atoms with Gasteiger partial charge in [0.05, 0.1) is 0 Å². The number of alkyl halides is 2. The lowest BCUT2D eigenvalue weighted by Gasteiger charge is -2.29. The molecule has 1 aromatic heterocycles. The van der Waals surface area contributed by atoms with Crippen molar-refractivity contribution in [3.8, 4) is 10.4 Å². The summed E-state index contributed by atoms with van der Waals surface area (Å²) in [6.07, 6.45) is -2.30. The van der Waals surface area contributed by atoms with E-state index in [9.17, 15) is 31.1 Å². The fourth-order valence-corrected chi connectivity index (χ4v) is 5.40. The number of aliphatic hydroxyl groups is 1.